The number of esters is 1. The molecule has 2 aromatic carbocycles. The molecule has 112 valence electrons. The van der Waals surface area contributed by atoms with Gasteiger partial charge in [-0.1, -0.05) is 18.2 Å². The lowest BCUT2D eigenvalue weighted by atomic mass is 10.0. The molecule has 2 aromatic rings. The van der Waals surface area contributed by atoms with Gasteiger partial charge >= 0.3 is 5.97 Å². The molecule has 0 bridgehead atoms. The number of nitro benzene ring substituents is 1. The maximum absolute atomic E-state index is 11.9. The number of non-ortho nitro benzene ring substituents is 1. The third kappa shape index (κ3) is 2.76. The number of rotatable bonds is 2. The molecule has 1 aliphatic rings. The quantitative estimate of drug-likeness (QED) is 0.398. The summed E-state index contributed by atoms with van der Waals surface area (Å²) in [6.45, 7) is 1.92. The van der Waals surface area contributed by atoms with E-state index in [1.807, 2.05) is 19.1 Å². The summed E-state index contributed by atoms with van der Waals surface area (Å²) in [4.78, 5) is 22.2. The van der Waals surface area contributed by atoms with Gasteiger partial charge in [-0.15, -0.1) is 0 Å². The van der Waals surface area contributed by atoms with Crippen molar-refractivity contribution >= 4 is 17.3 Å². The van der Waals surface area contributed by atoms with Gasteiger partial charge in [0.15, 0.2) is 5.75 Å². The minimum atomic E-state index is -0.448. The third-order valence-corrected chi connectivity index (χ3v) is 3.57. The van der Waals surface area contributed by atoms with E-state index in [2.05, 4.69) is 5.32 Å². The van der Waals surface area contributed by atoms with Gasteiger partial charge in [-0.2, -0.15) is 0 Å². The molecule has 6 nitrogen and oxygen atoms in total. The van der Waals surface area contributed by atoms with Crippen LogP contribution >= 0.6 is 0 Å². The maximum Gasteiger partial charge on any atom is 0.313 e. The smallest absolute Gasteiger partial charge is 0.313 e. The standard InChI is InChI=1S/C16H14N2O4/c1-10-2-7-13-15(8-10)22-16(19)9-14(17-13)11-3-5-12(6-4-11)18(20)21/h2-8,14,17H,9H2,1H3. The van der Waals surface area contributed by atoms with E-state index in [9.17, 15) is 14.9 Å². The average Bonchev–Trinajstić information content (AvgIpc) is 2.65. The van der Waals surface area contributed by atoms with Crippen LogP contribution in [-0.4, -0.2) is 10.9 Å². The summed E-state index contributed by atoms with van der Waals surface area (Å²) >= 11 is 0. The lowest BCUT2D eigenvalue weighted by molar-refractivity contribution is -0.384. The van der Waals surface area contributed by atoms with Crippen LogP contribution in [0.15, 0.2) is 42.5 Å². The first kappa shape index (κ1) is 14.1. The van der Waals surface area contributed by atoms with E-state index >= 15 is 0 Å². The molecule has 1 N–H and O–H groups in total. The normalized spacial score (nSPS) is 17.0. The van der Waals surface area contributed by atoms with Crippen molar-refractivity contribution in [1.29, 1.82) is 0 Å². The Bertz CT molecular complexity index is 740. The van der Waals surface area contributed by atoms with Crippen molar-refractivity contribution in [3.05, 3.63) is 63.7 Å². The number of hydrogen-bond donors (Lipinski definition) is 1. The second-order valence-corrected chi connectivity index (χ2v) is 5.22. The fourth-order valence-corrected chi connectivity index (χ4v) is 2.43. The van der Waals surface area contributed by atoms with Crippen LogP contribution in [0.2, 0.25) is 0 Å². The second-order valence-electron chi connectivity index (χ2n) is 5.22. The molecule has 0 radical (unpaired) electrons. The fraction of sp³-hybridized carbons (Fsp3) is 0.188. The van der Waals surface area contributed by atoms with E-state index in [1.54, 1.807) is 18.2 Å². The van der Waals surface area contributed by atoms with E-state index in [0.29, 0.717) is 5.75 Å². The van der Waals surface area contributed by atoms with Gasteiger partial charge in [0.1, 0.15) is 0 Å². The van der Waals surface area contributed by atoms with Gasteiger partial charge in [0.05, 0.1) is 23.1 Å². The zero-order valence-corrected chi connectivity index (χ0v) is 11.9. The number of nitrogens with one attached hydrogen (secondary N) is 1. The van der Waals surface area contributed by atoms with Gasteiger partial charge in [-0.05, 0) is 30.2 Å². The van der Waals surface area contributed by atoms with Gasteiger partial charge < -0.3 is 10.1 Å². The highest BCUT2D eigenvalue weighted by atomic mass is 16.6. The van der Waals surface area contributed by atoms with Crippen LogP contribution in [-0.2, 0) is 4.79 Å². The molecule has 1 unspecified atom stereocenters. The van der Waals surface area contributed by atoms with Crippen molar-refractivity contribution in [2.24, 2.45) is 0 Å². The van der Waals surface area contributed by atoms with Crippen LogP contribution in [0.1, 0.15) is 23.6 Å². The SMILES string of the molecule is Cc1ccc2c(c1)OC(=O)CC(c1ccc([N+](=O)[O-])cc1)N2. The van der Waals surface area contributed by atoms with Crippen molar-refractivity contribution in [3.63, 3.8) is 0 Å². The summed E-state index contributed by atoms with van der Waals surface area (Å²) in [6, 6.07) is 11.5. The Kier molecular flexibility index (Phi) is 3.50. The molecule has 1 aliphatic heterocycles. The molecule has 0 aliphatic carbocycles. The van der Waals surface area contributed by atoms with Crippen LogP contribution in [0.25, 0.3) is 0 Å². The van der Waals surface area contributed by atoms with Crippen molar-refractivity contribution in [3.8, 4) is 5.75 Å². The number of aryl methyl sites for hydroxylation is 1. The number of anilines is 1. The zero-order chi connectivity index (χ0) is 15.7. The number of carbonyl (C=O) groups is 1. The Morgan fingerprint density at radius 2 is 1.95 bits per heavy atom. The summed E-state index contributed by atoms with van der Waals surface area (Å²) in [5.41, 5.74) is 2.56. The second kappa shape index (κ2) is 5.48. The summed E-state index contributed by atoms with van der Waals surface area (Å²) in [6.07, 6.45) is 0.158. The van der Waals surface area contributed by atoms with Gasteiger partial charge in [-0.3, -0.25) is 14.9 Å². The molecule has 6 heteroatoms. The predicted molar refractivity (Wildman–Crippen MR) is 80.9 cm³/mol. The monoisotopic (exact) mass is 298 g/mol. The van der Waals surface area contributed by atoms with Crippen LogP contribution in [0.4, 0.5) is 11.4 Å². The average molecular weight is 298 g/mol. The van der Waals surface area contributed by atoms with Gasteiger partial charge in [0.2, 0.25) is 0 Å². The summed E-state index contributed by atoms with van der Waals surface area (Å²) in [5, 5.41) is 14.0. The van der Waals surface area contributed by atoms with Gasteiger partial charge in [0, 0.05) is 12.1 Å². The number of nitro groups is 1. The van der Waals surface area contributed by atoms with Crippen molar-refractivity contribution in [2.75, 3.05) is 5.32 Å². The first-order valence-corrected chi connectivity index (χ1v) is 6.85. The van der Waals surface area contributed by atoms with Gasteiger partial charge in [0.25, 0.3) is 5.69 Å². The highest BCUT2D eigenvalue weighted by molar-refractivity contribution is 5.78. The van der Waals surface area contributed by atoms with E-state index in [4.69, 9.17) is 4.74 Å². The highest BCUT2D eigenvalue weighted by Crippen LogP contribution is 2.34. The number of carbonyl (C=O) groups excluding carboxylic acids is 1. The number of hydrogen-bond acceptors (Lipinski definition) is 5. The van der Waals surface area contributed by atoms with Crippen LogP contribution < -0.4 is 10.1 Å². The first-order chi connectivity index (χ1) is 10.5. The van der Waals surface area contributed by atoms with Crippen molar-refractivity contribution in [2.45, 2.75) is 19.4 Å². The molecule has 0 amide bonds. The topological polar surface area (TPSA) is 81.5 Å². The predicted octanol–water partition coefficient (Wildman–Crippen LogP) is 3.37. The highest BCUT2D eigenvalue weighted by Gasteiger charge is 2.24. The first-order valence-electron chi connectivity index (χ1n) is 6.85. The Labute approximate surface area is 126 Å². The van der Waals surface area contributed by atoms with Crippen molar-refractivity contribution in [1.82, 2.24) is 0 Å². The molecule has 0 aromatic heterocycles. The van der Waals surface area contributed by atoms with E-state index < -0.39 is 4.92 Å². The third-order valence-electron chi connectivity index (χ3n) is 3.57. The number of benzene rings is 2. The van der Waals surface area contributed by atoms with Crippen LogP contribution in [0.3, 0.4) is 0 Å². The van der Waals surface area contributed by atoms with E-state index in [0.717, 1.165) is 16.8 Å². The summed E-state index contributed by atoms with van der Waals surface area (Å²) in [7, 11) is 0. The molecular weight excluding hydrogens is 284 g/mol. The lowest BCUT2D eigenvalue weighted by Gasteiger charge is -2.16. The maximum atomic E-state index is 11.9. The molecule has 1 atom stereocenters. The molecular formula is C16H14N2O4. The zero-order valence-electron chi connectivity index (χ0n) is 11.9. The fourth-order valence-electron chi connectivity index (χ4n) is 2.43. The molecule has 0 spiro atoms. The number of nitrogens with zero attached hydrogens (tertiary/aromatic N) is 1. The van der Waals surface area contributed by atoms with Gasteiger partial charge in [-0.25, -0.2) is 0 Å². The minimum Gasteiger partial charge on any atom is -0.424 e. The van der Waals surface area contributed by atoms with Crippen LogP contribution in [0.5, 0.6) is 5.75 Å². The summed E-state index contributed by atoms with van der Waals surface area (Å²) in [5.74, 6) is 0.176. The Hall–Kier alpha value is -2.89. The van der Waals surface area contributed by atoms with Crippen LogP contribution in [0, 0.1) is 17.0 Å². The molecule has 1 heterocycles. The minimum absolute atomic E-state index is 0.0240. The number of ether oxygens (including phenoxy) is 1. The molecule has 3 rings (SSSR count). The summed E-state index contributed by atoms with van der Waals surface area (Å²) < 4.78 is 5.34. The number of fused-ring (bicyclic) bond motifs is 1. The molecule has 0 fully saturated rings. The lowest BCUT2D eigenvalue weighted by Crippen LogP contribution is -2.14. The molecule has 22 heavy (non-hydrogen) atoms. The molecule has 0 saturated heterocycles. The molecule has 0 saturated carbocycles. The Morgan fingerprint density at radius 3 is 2.64 bits per heavy atom. The van der Waals surface area contributed by atoms with E-state index in [-0.39, 0.29) is 24.1 Å². The van der Waals surface area contributed by atoms with Crippen molar-refractivity contribution < 1.29 is 14.5 Å². The Morgan fingerprint density at radius 1 is 1.23 bits per heavy atom. The van der Waals surface area contributed by atoms with E-state index in [1.165, 1.54) is 12.1 Å². The largest absolute Gasteiger partial charge is 0.424 e. The Balaban J connectivity index is 1.92.